The molecule has 0 fully saturated rings. The summed E-state index contributed by atoms with van der Waals surface area (Å²) in [6.45, 7) is 0. The van der Waals surface area contributed by atoms with Gasteiger partial charge in [-0.3, -0.25) is 0 Å². The molecule has 1 nitrogen and oxygen atoms in total. The Bertz CT molecular complexity index is 3260. The molecule has 11 rings (SSSR count). The van der Waals surface area contributed by atoms with Crippen LogP contribution in [-0.2, 0) is 0 Å². The fraction of sp³-hybridized carbons (Fsp3) is 0. The van der Waals surface area contributed by atoms with Gasteiger partial charge in [-0.1, -0.05) is 194 Å². The van der Waals surface area contributed by atoms with E-state index in [1.54, 1.807) is 0 Å². The van der Waals surface area contributed by atoms with Gasteiger partial charge in [0.05, 0.1) is 5.69 Å². The standard InChI is InChI=1S/C58H39N/c1-4-17-40(18-5-1)45-25-16-26-49(36-45)59(50-37-47(41-19-6-2-7-20-41)35-48(38-50)42-21-8-3-9-22-42)56-30-15-14-29-53(56)55-39-46-32-31-43-23-10-12-27-51(43)57(46)58-52-28-13-11-24-44(52)33-34-54(55)58/h1-39H. The maximum atomic E-state index is 2.47. The zero-order valence-electron chi connectivity index (χ0n) is 32.5. The fourth-order valence-electron chi connectivity index (χ4n) is 9.02. The minimum atomic E-state index is 1.09. The van der Waals surface area contributed by atoms with Gasteiger partial charge < -0.3 is 4.90 Å². The van der Waals surface area contributed by atoms with Crippen molar-refractivity contribution in [2.45, 2.75) is 0 Å². The van der Waals surface area contributed by atoms with Crippen molar-refractivity contribution in [3.05, 3.63) is 237 Å². The van der Waals surface area contributed by atoms with Gasteiger partial charge in [-0.05, 0) is 124 Å². The summed E-state index contributed by atoms with van der Waals surface area (Å²) in [7, 11) is 0. The number of rotatable bonds is 7. The van der Waals surface area contributed by atoms with Gasteiger partial charge in [0.25, 0.3) is 0 Å². The second-order valence-corrected chi connectivity index (χ2v) is 15.3. The first-order valence-corrected chi connectivity index (χ1v) is 20.3. The quantitative estimate of drug-likeness (QED) is 0.147. The Balaban J connectivity index is 1.22. The van der Waals surface area contributed by atoms with Gasteiger partial charge in [-0.15, -0.1) is 0 Å². The Morgan fingerprint density at radius 3 is 1.39 bits per heavy atom. The summed E-state index contributed by atoms with van der Waals surface area (Å²) in [5.74, 6) is 0. The molecule has 1 heteroatoms. The van der Waals surface area contributed by atoms with Crippen LogP contribution in [0.1, 0.15) is 0 Å². The van der Waals surface area contributed by atoms with Gasteiger partial charge in [0.2, 0.25) is 0 Å². The SMILES string of the molecule is c1ccc(-c2cccc(N(c3cc(-c4ccccc4)cc(-c4ccccc4)c3)c3ccccc3-c3cc4ccc5ccccc5c4c4c3ccc3ccccc34)c2)cc1. The summed E-state index contributed by atoms with van der Waals surface area (Å²) < 4.78 is 0. The molecule has 0 amide bonds. The zero-order chi connectivity index (χ0) is 39.1. The molecule has 0 bridgehead atoms. The smallest absolute Gasteiger partial charge is 0.0540 e. The van der Waals surface area contributed by atoms with Crippen LogP contribution >= 0.6 is 0 Å². The average Bonchev–Trinajstić information content (AvgIpc) is 3.32. The van der Waals surface area contributed by atoms with Crippen LogP contribution in [0.2, 0.25) is 0 Å². The Hall–Kier alpha value is -7.74. The molecular weight excluding hydrogens is 711 g/mol. The average molecular weight is 750 g/mol. The molecular formula is C58H39N. The molecule has 0 radical (unpaired) electrons. The predicted octanol–water partition coefficient (Wildman–Crippen LogP) is 16.4. The first-order valence-electron chi connectivity index (χ1n) is 20.3. The third kappa shape index (κ3) is 6.21. The van der Waals surface area contributed by atoms with E-state index in [-0.39, 0.29) is 0 Å². The van der Waals surface area contributed by atoms with E-state index >= 15 is 0 Å². The van der Waals surface area contributed by atoms with Crippen LogP contribution in [0, 0.1) is 0 Å². The third-order valence-corrected chi connectivity index (χ3v) is 11.8. The van der Waals surface area contributed by atoms with E-state index in [1.807, 2.05) is 0 Å². The van der Waals surface area contributed by atoms with E-state index in [1.165, 1.54) is 76.5 Å². The minimum Gasteiger partial charge on any atom is -0.310 e. The highest BCUT2D eigenvalue weighted by molar-refractivity contribution is 6.30. The summed E-state index contributed by atoms with van der Waals surface area (Å²) in [5, 5.41) is 10.1. The van der Waals surface area contributed by atoms with Crippen molar-refractivity contribution in [3.8, 4) is 44.5 Å². The molecule has 0 atom stereocenters. The molecule has 59 heavy (non-hydrogen) atoms. The number of nitrogens with zero attached hydrogens (tertiary/aromatic N) is 1. The zero-order valence-corrected chi connectivity index (χ0v) is 32.5. The van der Waals surface area contributed by atoms with Gasteiger partial charge in [-0.2, -0.15) is 0 Å². The summed E-state index contributed by atoms with van der Waals surface area (Å²) in [4.78, 5) is 2.47. The van der Waals surface area contributed by atoms with Crippen LogP contribution < -0.4 is 4.90 Å². The van der Waals surface area contributed by atoms with Crippen LogP contribution in [0.15, 0.2) is 237 Å². The first-order chi connectivity index (χ1) is 29.3. The second kappa shape index (κ2) is 14.6. The van der Waals surface area contributed by atoms with Crippen molar-refractivity contribution < 1.29 is 0 Å². The maximum Gasteiger partial charge on any atom is 0.0540 e. The number of hydrogen-bond donors (Lipinski definition) is 0. The van der Waals surface area contributed by atoms with Crippen molar-refractivity contribution >= 4 is 60.2 Å². The van der Waals surface area contributed by atoms with Gasteiger partial charge in [-0.25, -0.2) is 0 Å². The summed E-state index contributed by atoms with van der Waals surface area (Å²) in [5.41, 5.74) is 12.7. The van der Waals surface area contributed by atoms with Gasteiger partial charge >= 0.3 is 0 Å². The minimum absolute atomic E-state index is 1.09. The molecule has 276 valence electrons. The monoisotopic (exact) mass is 749 g/mol. The van der Waals surface area contributed by atoms with Crippen molar-refractivity contribution in [2.75, 3.05) is 4.90 Å². The molecule has 0 heterocycles. The molecule has 0 N–H and O–H groups in total. The van der Waals surface area contributed by atoms with E-state index in [2.05, 4.69) is 241 Å². The lowest BCUT2D eigenvalue weighted by Gasteiger charge is -2.30. The van der Waals surface area contributed by atoms with Crippen LogP contribution in [-0.4, -0.2) is 0 Å². The van der Waals surface area contributed by atoms with E-state index in [9.17, 15) is 0 Å². The van der Waals surface area contributed by atoms with E-state index < -0.39 is 0 Å². The topological polar surface area (TPSA) is 3.24 Å². The van der Waals surface area contributed by atoms with Gasteiger partial charge in [0, 0.05) is 16.9 Å². The normalized spacial score (nSPS) is 11.4. The van der Waals surface area contributed by atoms with Crippen molar-refractivity contribution in [1.29, 1.82) is 0 Å². The molecule has 0 aromatic heterocycles. The number of hydrogen-bond acceptors (Lipinski definition) is 1. The van der Waals surface area contributed by atoms with Gasteiger partial charge in [0.15, 0.2) is 0 Å². The van der Waals surface area contributed by atoms with Crippen molar-refractivity contribution in [1.82, 2.24) is 0 Å². The molecule has 11 aromatic rings. The molecule has 0 unspecified atom stereocenters. The Morgan fingerprint density at radius 1 is 0.237 bits per heavy atom. The fourth-order valence-corrected chi connectivity index (χ4v) is 9.02. The Morgan fingerprint density at radius 2 is 0.729 bits per heavy atom. The molecule has 0 saturated carbocycles. The van der Waals surface area contributed by atoms with E-state index in [0.717, 1.165) is 28.2 Å². The van der Waals surface area contributed by atoms with Crippen LogP contribution in [0.3, 0.4) is 0 Å². The molecule has 0 aliphatic rings. The number of anilines is 3. The lowest BCUT2D eigenvalue weighted by atomic mass is 9.87. The largest absolute Gasteiger partial charge is 0.310 e. The second-order valence-electron chi connectivity index (χ2n) is 15.3. The van der Waals surface area contributed by atoms with Crippen molar-refractivity contribution in [2.24, 2.45) is 0 Å². The molecule has 0 aliphatic heterocycles. The molecule has 0 spiro atoms. The first kappa shape index (κ1) is 34.5. The summed E-state index contributed by atoms with van der Waals surface area (Å²) >= 11 is 0. The highest BCUT2D eigenvalue weighted by Crippen LogP contribution is 2.48. The lowest BCUT2D eigenvalue weighted by molar-refractivity contribution is 1.28. The number of para-hydroxylation sites is 1. The molecule has 11 aromatic carbocycles. The van der Waals surface area contributed by atoms with Crippen molar-refractivity contribution in [3.63, 3.8) is 0 Å². The Kier molecular flexibility index (Phi) is 8.56. The van der Waals surface area contributed by atoms with Crippen LogP contribution in [0.5, 0.6) is 0 Å². The molecule has 0 saturated heterocycles. The highest BCUT2D eigenvalue weighted by Gasteiger charge is 2.22. The highest BCUT2D eigenvalue weighted by atomic mass is 15.1. The van der Waals surface area contributed by atoms with E-state index in [4.69, 9.17) is 0 Å². The number of fused-ring (bicyclic) bond motifs is 7. The third-order valence-electron chi connectivity index (χ3n) is 11.8. The Labute approximate surface area is 344 Å². The van der Waals surface area contributed by atoms with Crippen LogP contribution in [0.25, 0.3) is 87.6 Å². The molecule has 0 aliphatic carbocycles. The van der Waals surface area contributed by atoms with E-state index in [0.29, 0.717) is 0 Å². The van der Waals surface area contributed by atoms with Gasteiger partial charge in [0.1, 0.15) is 0 Å². The lowest BCUT2D eigenvalue weighted by Crippen LogP contribution is -2.12. The summed E-state index contributed by atoms with van der Waals surface area (Å²) in [6, 6.07) is 86.4. The maximum absolute atomic E-state index is 2.47. The predicted molar refractivity (Wildman–Crippen MR) is 253 cm³/mol. The van der Waals surface area contributed by atoms with Crippen LogP contribution in [0.4, 0.5) is 17.1 Å². The summed E-state index contributed by atoms with van der Waals surface area (Å²) in [6.07, 6.45) is 0. The number of benzene rings is 11.